The van der Waals surface area contributed by atoms with E-state index in [1.165, 1.54) is 17.0 Å². The average molecular weight is 346 g/mol. The average Bonchev–Trinajstić information content (AvgIpc) is 2.38. The number of hydrogen-bond donors (Lipinski definition) is 0. The van der Waals surface area contributed by atoms with Gasteiger partial charge in [0.1, 0.15) is 12.4 Å². The van der Waals surface area contributed by atoms with Crippen LogP contribution >= 0.6 is 15.9 Å². The van der Waals surface area contributed by atoms with Gasteiger partial charge >= 0.3 is 5.97 Å². The van der Waals surface area contributed by atoms with Gasteiger partial charge in [0.2, 0.25) is 0 Å². The van der Waals surface area contributed by atoms with Gasteiger partial charge in [0.15, 0.2) is 0 Å². The Balaban J connectivity index is 2.96. The summed E-state index contributed by atoms with van der Waals surface area (Å²) in [6.07, 6.45) is 0.664. The zero-order valence-electron chi connectivity index (χ0n) is 11.5. The lowest BCUT2D eigenvalue weighted by Crippen LogP contribution is -2.37. The molecule has 0 aliphatic heterocycles. The third kappa shape index (κ3) is 4.30. The van der Waals surface area contributed by atoms with Gasteiger partial charge in [-0.1, -0.05) is 13.0 Å². The monoisotopic (exact) mass is 345 g/mol. The van der Waals surface area contributed by atoms with E-state index < -0.39 is 17.7 Å². The van der Waals surface area contributed by atoms with Crippen molar-refractivity contribution < 1.29 is 18.7 Å². The van der Waals surface area contributed by atoms with Crippen LogP contribution in [0.25, 0.3) is 0 Å². The molecule has 20 heavy (non-hydrogen) atoms. The largest absolute Gasteiger partial charge is 0.465 e. The first-order valence-corrected chi connectivity index (χ1v) is 7.19. The number of esters is 1. The van der Waals surface area contributed by atoms with Crippen molar-refractivity contribution in [3.8, 4) is 0 Å². The van der Waals surface area contributed by atoms with E-state index in [0.29, 0.717) is 17.4 Å². The van der Waals surface area contributed by atoms with Crippen molar-refractivity contribution in [1.82, 2.24) is 4.90 Å². The fourth-order valence-electron chi connectivity index (χ4n) is 1.75. The second kappa shape index (κ2) is 7.99. The normalized spacial score (nSPS) is 10.2. The quantitative estimate of drug-likeness (QED) is 0.744. The molecule has 0 saturated carbocycles. The predicted octanol–water partition coefficient (Wildman–Crippen LogP) is 3.00. The third-order valence-electron chi connectivity index (χ3n) is 2.58. The van der Waals surface area contributed by atoms with Crippen LogP contribution in [0.15, 0.2) is 22.7 Å². The van der Waals surface area contributed by atoms with Gasteiger partial charge in [0, 0.05) is 11.0 Å². The molecule has 0 aliphatic rings. The molecule has 110 valence electrons. The number of nitrogens with zero attached hydrogens (tertiary/aromatic N) is 1. The Hall–Kier alpha value is -1.43. The molecule has 0 aliphatic carbocycles. The van der Waals surface area contributed by atoms with Crippen molar-refractivity contribution in [1.29, 1.82) is 0 Å². The minimum Gasteiger partial charge on any atom is -0.465 e. The van der Waals surface area contributed by atoms with Crippen molar-refractivity contribution in [3.05, 3.63) is 34.1 Å². The van der Waals surface area contributed by atoms with E-state index in [0.717, 1.165) is 0 Å². The Morgan fingerprint density at radius 2 is 2.05 bits per heavy atom. The molecule has 0 bridgehead atoms. The predicted molar refractivity (Wildman–Crippen MR) is 76.9 cm³/mol. The summed E-state index contributed by atoms with van der Waals surface area (Å²) in [6, 6.07) is 4.31. The highest BCUT2D eigenvalue weighted by atomic mass is 79.9. The van der Waals surface area contributed by atoms with Crippen LogP contribution in [0.4, 0.5) is 4.39 Å². The van der Waals surface area contributed by atoms with Crippen LogP contribution in [0.3, 0.4) is 0 Å². The molecule has 0 radical (unpaired) electrons. The number of hydrogen-bond acceptors (Lipinski definition) is 3. The topological polar surface area (TPSA) is 46.6 Å². The Kier molecular flexibility index (Phi) is 6.64. The molecule has 4 nitrogen and oxygen atoms in total. The van der Waals surface area contributed by atoms with Crippen LogP contribution in [0, 0.1) is 5.82 Å². The smallest absolute Gasteiger partial charge is 0.325 e. The summed E-state index contributed by atoms with van der Waals surface area (Å²) in [5, 5.41) is 0. The summed E-state index contributed by atoms with van der Waals surface area (Å²) in [7, 11) is 0. The van der Waals surface area contributed by atoms with E-state index in [2.05, 4.69) is 15.9 Å². The molecule has 0 heterocycles. The van der Waals surface area contributed by atoms with Crippen molar-refractivity contribution in [3.63, 3.8) is 0 Å². The van der Waals surface area contributed by atoms with Gasteiger partial charge in [0.25, 0.3) is 5.91 Å². The second-order valence-electron chi connectivity index (χ2n) is 4.13. The lowest BCUT2D eigenvalue weighted by atomic mass is 10.2. The zero-order valence-corrected chi connectivity index (χ0v) is 13.1. The molecule has 0 spiro atoms. The van der Waals surface area contributed by atoms with Crippen molar-refractivity contribution in [2.24, 2.45) is 0 Å². The van der Waals surface area contributed by atoms with Gasteiger partial charge in [-0.15, -0.1) is 0 Å². The molecular formula is C14H17BrFNO3. The zero-order chi connectivity index (χ0) is 15.1. The maximum atomic E-state index is 13.8. The molecule has 1 rings (SSSR count). The molecule has 1 aromatic rings. The molecule has 0 N–H and O–H groups in total. The summed E-state index contributed by atoms with van der Waals surface area (Å²) in [6.45, 7) is 4.00. The third-order valence-corrected chi connectivity index (χ3v) is 3.24. The molecule has 1 aromatic carbocycles. The Labute approximate surface area is 126 Å². The summed E-state index contributed by atoms with van der Waals surface area (Å²) in [5.74, 6) is -1.64. The Bertz CT molecular complexity index is 473. The number of ether oxygens (including phenoxy) is 1. The molecular weight excluding hydrogens is 329 g/mol. The summed E-state index contributed by atoms with van der Waals surface area (Å²) in [5.41, 5.74) is -0.0646. The van der Waals surface area contributed by atoms with E-state index in [1.54, 1.807) is 13.0 Å². The number of benzene rings is 1. The summed E-state index contributed by atoms with van der Waals surface area (Å²) >= 11 is 3.16. The highest BCUT2D eigenvalue weighted by Crippen LogP contribution is 2.21. The number of carbonyl (C=O) groups is 2. The van der Waals surface area contributed by atoms with Crippen molar-refractivity contribution in [2.45, 2.75) is 20.3 Å². The maximum absolute atomic E-state index is 13.8. The van der Waals surface area contributed by atoms with E-state index in [9.17, 15) is 14.0 Å². The van der Waals surface area contributed by atoms with Crippen LogP contribution < -0.4 is 0 Å². The standard InChI is InChI=1S/C14H17BrFNO3/c1-3-8-17(9-12(18)20-4-2)14(19)13-10(15)6-5-7-11(13)16/h5-7H,3-4,8-9H2,1-2H3. The van der Waals surface area contributed by atoms with E-state index in [4.69, 9.17) is 4.74 Å². The molecule has 0 atom stereocenters. The number of halogens is 2. The van der Waals surface area contributed by atoms with Gasteiger partial charge in [-0.2, -0.15) is 0 Å². The number of rotatable bonds is 6. The van der Waals surface area contributed by atoms with Gasteiger partial charge in [-0.25, -0.2) is 4.39 Å². The first-order valence-electron chi connectivity index (χ1n) is 6.40. The maximum Gasteiger partial charge on any atom is 0.325 e. The van der Waals surface area contributed by atoms with Gasteiger partial charge in [-0.05, 0) is 41.4 Å². The lowest BCUT2D eigenvalue weighted by molar-refractivity contribution is -0.143. The molecule has 0 aromatic heterocycles. The van der Waals surface area contributed by atoms with Crippen LogP contribution in [-0.2, 0) is 9.53 Å². The molecule has 1 amide bonds. The summed E-state index contributed by atoms with van der Waals surface area (Å²) in [4.78, 5) is 25.2. The molecule has 0 saturated heterocycles. The van der Waals surface area contributed by atoms with Gasteiger partial charge < -0.3 is 9.64 Å². The minimum absolute atomic E-state index is 0.0646. The second-order valence-corrected chi connectivity index (χ2v) is 4.98. The summed E-state index contributed by atoms with van der Waals surface area (Å²) < 4.78 is 19.0. The van der Waals surface area contributed by atoms with Crippen LogP contribution in [-0.4, -0.2) is 36.5 Å². The Morgan fingerprint density at radius 1 is 1.35 bits per heavy atom. The lowest BCUT2D eigenvalue weighted by Gasteiger charge is -2.21. The van der Waals surface area contributed by atoms with Gasteiger partial charge in [-0.3, -0.25) is 9.59 Å². The molecule has 6 heteroatoms. The van der Waals surface area contributed by atoms with E-state index >= 15 is 0 Å². The highest BCUT2D eigenvalue weighted by molar-refractivity contribution is 9.10. The first kappa shape index (κ1) is 16.6. The fraction of sp³-hybridized carbons (Fsp3) is 0.429. The molecule has 0 fully saturated rings. The molecule has 0 unspecified atom stereocenters. The fourth-order valence-corrected chi connectivity index (χ4v) is 2.26. The van der Waals surface area contributed by atoms with Crippen LogP contribution in [0.5, 0.6) is 0 Å². The van der Waals surface area contributed by atoms with Gasteiger partial charge in [0.05, 0.1) is 12.2 Å². The SMILES string of the molecule is CCCN(CC(=O)OCC)C(=O)c1c(F)cccc1Br. The van der Waals surface area contributed by atoms with Crippen molar-refractivity contribution >= 4 is 27.8 Å². The van der Waals surface area contributed by atoms with Crippen LogP contribution in [0.1, 0.15) is 30.6 Å². The number of amides is 1. The Morgan fingerprint density at radius 3 is 2.60 bits per heavy atom. The first-order chi connectivity index (χ1) is 9.51. The highest BCUT2D eigenvalue weighted by Gasteiger charge is 2.23. The van der Waals surface area contributed by atoms with Crippen molar-refractivity contribution in [2.75, 3.05) is 19.7 Å². The minimum atomic E-state index is -0.616. The van der Waals surface area contributed by atoms with Crippen LogP contribution in [0.2, 0.25) is 0 Å². The van der Waals surface area contributed by atoms with E-state index in [1.807, 2.05) is 6.92 Å². The number of carbonyl (C=O) groups excluding carboxylic acids is 2. The van der Waals surface area contributed by atoms with E-state index in [-0.39, 0.29) is 18.7 Å².